The normalized spacial score (nSPS) is 27.8. The Bertz CT molecular complexity index is 863. The van der Waals surface area contributed by atoms with Crippen LogP contribution in [0, 0.1) is 5.41 Å². The molecule has 7 atom stereocenters. The van der Waals surface area contributed by atoms with Crippen molar-refractivity contribution in [3.05, 3.63) is 12.2 Å². The highest BCUT2D eigenvalue weighted by Crippen LogP contribution is 2.29. The van der Waals surface area contributed by atoms with Crippen molar-refractivity contribution in [2.24, 2.45) is 5.41 Å². The van der Waals surface area contributed by atoms with Crippen LogP contribution in [-0.4, -0.2) is 120 Å². The summed E-state index contributed by atoms with van der Waals surface area (Å²) < 4.78 is 34.9. The van der Waals surface area contributed by atoms with E-state index >= 15 is 0 Å². The van der Waals surface area contributed by atoms with Gasteiger partial charge in [0.25, 0.3) is 0 Å². The van der Waals surface area contributed by atoms with Crippen LogP contribution >= 0.6 is 0 Å². The van der Waals surface area contributed by atoms with Crippen LogP contribution in [0.1, 0.15) is 61.3 Å². The third kappa shape index (κ3) is 15.1. The van der Waals surface area contributed by atoms with Crippen LogP contribution < -0.4 is 0 Å². The van der Waals surface area contributed by atoms with Gasteiger partial charge < -0.3 is 43.4 Å². The average molecular weight is 625 g/mol. The maximum absolute atomic E-state index is 11.5. The van der Waals surface area contributed by atoms with Gasteiger partial charge in [0, 0.05) is 20.5 Å². The highest BCUT2D eigenvalue weighted by molar-refractivity contribution is 5.77. The van der Waals surface area contributed by atoms with E-state index in [2.05, 4.69) is 20.8 Å². The lowest BCUT2D eigenvalue weighted by molar-refractivity contribution is -0.216. The van der Waals surface area contributed by atoms with Crippen LogP contribution in [0.15, 0.2) is 12.2 Å². The molecule has 0 radical (unpaired) electrons. The van der Waals surface area contributed by atoms with Crippen molar-refractivity contribution >= 4 is 23.9 Å². The summed E-state index contributed by atoms with van der Waals surface area (Å²) in [6.45, 7) is 13.9. The van der Waals surface area contributed by atoms with Crippen molar-refractivity contribution in [2.45, 2.75) is 104 Å². The van der Waals surface area contributed by atoms with Crippen molar-refractivity contribution < 1.29 is 73.1 Å². The molecule has 250 valence electrons. The van der Waals surface area contributed by atoms with Gasteiger partial charge in [-0.15, -0.1) is 0 Å². The second-order valence-electron chi connectivity index (χ2n) is 10.5. The van der Waals surface area contributed by atoms with E-state index < -0.39 is 60.5 Å². The fourth-order valence-corrected chi connectivity index (χ4v) is 4.07. The van der Waals surface area contributed by atoms with Gasteiger partial charge in [0.1, 0.15) is 12.2 Å². The summed E-state index contributed by atoms with van der Waals surface area (Å²) >= 11 is 0. The number of carbonyl (C=O) groups excluding carboxylic acids is 4. The molecule has 3 aliphatic rings. The Morgan fingerprint density at radius 1 is 0.860 bits per heavy atom. The summed E-state index contributed by atoms with van der Waals surface area (Å²) in [6.07, 6.45) is -0.229. The molecule has 0 aromatic rings. The molecule has 0 aromatic heterocycles. The van der Waals surface area contributed by atoms with Gasteiger partial charge in [-0.25, -0.2) is 9.59 Å². The molecular formula is C28H48O15. The van der Waals surface area contributed by atoms with E-state index in [0.717, 1.165) is 13.5 Å². The zero-order valence-corrected chi connectivity index (χ0v) is 25.9. The van der Waals surface area contributed by atoms with Crippen LogP contribution in [-0.2, 0) is 52.3 Å². The molecule has 0 spiro atoms. The molecule has 0 bridgehead atoms. The molecule has 0 aromatic carbocycles. The van der Waals surface area contributed by atoms with E-state index in [1.807, 2.05) is 0 Å². The fraction of sp³-hybridized carbons (Fsp3) is 0.786. The highest BCUT2D eigenvalue weighted by Gasteiger charge is 2.45. The smallest absolute Gasteiger partial charge is 0.339 e. The monoisotopic (exact) mass is 624 g/mol. The number of aliphatic hydroxyl groups excluding tert-OH is 2. The Kier molecular flexibility index (Phi) is 19.8. The zero-order valence-electron chi connectivity index (χ0n) is 25.9. The van der Waals surface area contributed by atoms with Crippen molar-refractivity contribution in [2.75, 3.05) is 33.0 Å². The summed E-state index contributed by atoms with van der Waals surface area (Å²) in [7, 11) is 0. The standard InChI is InChI=1S/C10H16O7.C10H14O5.C8H16O.H2O2/c1-3-15-10(14)9-8(17-5(2)11)7(13)6(12)4-16-9;1-3-13-10(12)9-8(15-7(2)11)5-4-6-14-9;1-8(2,3)7-5-4-6-9-7;1-2/h6-9,12-13H,3-4H2,1-2H3;4-5,8-9H,3,6H2,1-2H3;7H,4-6H2,1-3H3;1-2H/t6-,7-,8+,9-;8-,9+;;/m01../s1. The Balaban J connectivity index is 0.000000621. The Hall–Kier alpha value is -2.66. The van der Waals surface area contributed by atoms with E-state index in [1.165, 1.54) is 19.8 Å². The van der Waals surface area contributed by atoms with Crippen molar-refractivity contribution in [1.82, 2.24) is 0 Å². The summed E-state index contributed by atoms with van der Waals surface area (Å²) in [4.78, 5) is 44.6. The summed E-state index contributed by atoms with van der Waals surface area (Å²) in [5.74, 6) is -2.37. The quantitative estimate of drug-likeness (QED) is 0.108. The molecule has 3 rings (SSSR count). The minimum absolute atomic E-state index is 0.143. The lowest BCUT2D eigenvalue weighted by Crippen LogP contribution is -2.57. The van der Waals surface area contributed by atoms with Gasteiger partial charge in [0.2, 0.25) is 0 Å². The third-order valence-electron chi connectivity index (χ3n) is 6.01. The molecule has 0 aliphatic carbocycles. The van der Waals surface area contributed by atoms with E-state index in [9.17, 15) is 29.4 Å². The first kappa shape index (κ1) is 40.3. The molecule has 2 fully saturated rings. The first-order chi connectivity index (χ1) is 20.2. The number of hydrogen-bond donors (Lipinski definition) is 4. The molecule has 0 amide bonds. The van der Waals surface area contributed by atoms with Gasteiger partial charge in [0.05, 0.1) is 32.5 Å². The SMILES string of the molecule is CC(C)(C)C1CCCO1.CCOC(=O)[C@H]1OCC=C[C@H]1OC(C)=O.CCOC(=O)[C@H]1OC[C@H](O)[C@H](O)[C@H]1OC(C)=O.OO. The van der Waals surface area contributed by atoms with E-state index in [0.29, 0.717) is 18.1 Å². The van der Waals surface area contributed by atoms with Gasteiger partial charge in [0.15, 0.2) is 24.4 Å². The third-order valence-corrected chi connectivity index (χ3v) is 6.01. The van der Waals surface area contributed by atoms with Crippen molar-refractivity contribution in [3.8, 4) is 0 Å². The molecular weight excluding hydrogens is 576 g/mol. The number of carbonyl (C=O) groups is 4. The van der Waals surface area contributed by atoms with Gasteiger partial charge in [-0.2, -0.15) is 0 Å². The second-order valence-corrected chi connectivity index (χ2v) is 10.5. The average Bonchev–Trinajstić information content (AvgIpc) is 3.50. The molecule has 1 unspecified atom stereocenters. The number of esters is 4. The molecule has 15 nitrogen and oxygen atoms in total. The highest BCUT2D eigenvalue weighted by atomic mass is 17.0. The van der Waals surface area contributed by atoms with Crippen LogP contribution in [0.2, 0.25) is 0 Å². The summed E-state index contributed by atoms with van der Waals surface area (Å²) in [5.41, 5.74) is 0.358. The topological polar surface area (TPSA) is 214 Å². The molecule has 15 heteroatoms. The zero-order chi connectivity index (χ0) is 33.2. The summed E-state index contributed by atoms with van der Waals surface area (Å²) in [5, 5.41) is 31.0. The van der Waals surface area contributed by atoms with Crippen LogP contribution in [0.3, 0.4) is 0 Å². The molecule has 2 saturated heterocycles. The van der Waals surface area contributed by atoms with Gasteiger partial charge >= 0.3 is 23.9 Å². The number of rotatable bonds is 6. The maximum Gasteiger partial charge on any atom is 0.339 e. The van der Waals surface area contributed by atoms with E-state index in [-0.39, 0.29) is 19.8 Å². The predicted octanol–water partition coefficient (Wildman–Crippen LogP) is 1.27. The minimum atomic E-state index is -1.37. The van der Waals surface area contributed by atoms with Gasteiger partial charge in [-0.3, -0.25) is 20.1 Å². The van der Waals surface area contributed by atoms with Crippen molar-refractivity contribution in [1.29, 1.82) is 0 Å². The lowest BCUT2D eigenvalue weighted by atomic mass is 9.88. The van der Waals surface area contributed by atoms with Crippen LogP contribution in [0.5, 0.6) is 0 Å². The molecule has 3 heterocycles. The number of ether oxygens (including phenoxy) is 7. The number of hydrogen-bond acceptors (Lipinski definition) is 15. The van der Waals surface area contributed by atoms with Crippen LogP contribution in [0.4, 0.5) is 0 Å². The Morgan fingerprint density at radius 2 is 1.42 bits per heavy atom. The van der Waals surface area contributed by atoms with Gasteiger partial charge in [-0.1, -0.05) is 26.8 Å². The first-order valence-corrected chi connectivity index (χ1v) is 14.0. The Morgan fingerprint density at radius 3 is 1.86 bits per heavy atom. The minimum Gasteiger partial charge on any atom is -0.464 e. The number of aliphatic hydroxyl groups is 2. The molecule has 3 aliphatic heterocycles. The van der Waals surface area contributed by atoms with E-state index in [4.69, 9.17) is 43.7 Å². The lowest BCUT2D eigenvalue weighted by Gasteiger charge is -2.35. The van der Waals surface area contributed by atoms with Crippen molar-refractivity contribution in [3.63, 3.8) is 0 Å². The fourth-order valence-electron chi connectivity index (χ4n) is 4.07. The predicted molar refractivity (Wildman–Crippen MR) is 149 cm³/mol. The first-order valence-electron chi connectivity index (χ1n) is 14.0. The Labute approximate surface area is 251 Å². The molecule has 0 saturated carbocycles. The molecule has 4 N–H and O–H groups in total. The van der Waals surface area contributed by atoms with E-state index in [1.54, 1.807) is 26.0 Å². The largest absolute Gasteiger partial charge is 0.464 e. The molecule has 43 heavy (non-hydrogen) atoms. The maximum atomic E-state index is 11.5. The second kappa shape index (κ2) is 21.1. The summed E-state index contributed by atoms with van der Waals surface area (Å²) in [6, 6.07) is 0. The van der Waals surface area contributed by atoms with Gasteiger partial charge in [-0.05, 0) is 38.2 Å². The van der Waals surface area contributed by atoms with Crippen LogP contribution in [0.25, 0.3) is 0 Å².